The van der Waals surface area contributed by atoms with Crippen LogP contribution in [0.1, 0.15) is 43.6 Å². The lowest BCUT2D eigenvalue weighted by atomic mass is 9.81. The van der Waals surface area contributed by atoms with Crippen molar-refractivity contribution in [3.63, 3.8) is 0 Å². The van der Waals surface area contributed by atoms with Crippen molar-refractivity contribution < 1.29 is 0 Å². The third-order valence-corrected chi connectivity index (χ3v) is 4.86. The average molecular weight is 258 g/mol. The van der Waals surface area contributed by atoms with Gasteiger partial charge in [0.2, 0.25) is 0 Å². The highest BCUT2D eigenvalue weighted by Gasteiger charge is 2.26. The predicted octanol–water partition coefficient (Wildman–Crippen LogP) is 3.01. The number of nitrogens with one attached hydrogen (secondary N) is 1. The fourth-order valence-corrected chi connectivity index (χ4v) is 3.72. The molecule has 1 N–H and O–H groups in total. The van der Waals surface area contributed by atoms with E-state index >= 15 is 0 Å². The molecular weight excluding hydrogens is 232 g/mol. The van der Waals surface area contributed by atoms with Gasteiger partial charge in [0.1, 0.15) is 0 Å². The van der Waals surface area contributed by atoms with Crippen molar-refractivity contribution in [1.82, 2.24) is 10.2 Å². The van der Waals surface area contributed by atoms with Gasteiger partial charge in [-0.05, 0) is 57.2 Å². The van der Waals surface area contributed by atoms with Crippen LogP contribution in [0.5, 0.6) is 0 Å². The van der Waals surface area contributed by atoms with Gasteiger partial charge in [-0.2, -0.15) is 0 Å². The minimum absolute atomic E-state index is 0.739. The fraction of sp³-hybridized carbons (Fsp3) is 0.647. The maximum atomic E-state index is 3.88. The molecule has 2 nitrogen and oxygen atoms in total. The largest absolute Gasteiger partial charge is 0.310 e. The van der Waals surface area contributed by atoms with Crippen LogP contribution in [0, 0.1) is 0 Å². The minimum atomic E-state index is 0.739. The molecule has 1 saturated heterocycles. The first-order valence-electron chi connectivity index (χ1n) is 7.81. The Morgan fingerprint density at radius 2 is 1.68 bits per heavy atom. The Kier molecular flexibility index (Phi) is 4.19. The Morgan fingerprint density at radius 3 is 2.32 bits per heavy atom. The summed E-state index contributed by atoms with van der Waals surface area (Å²) in [6.07, 6.45) is 6.73. The van der Waals surface area contributed by atoms with Crippen molar-refractivity contribution in [3.05, 3.63) is 35.9 Å². The van der Waals surface area contributed by atoms with Crippen molar-refractivity contribution in [2.24, 2.45) is 0 Å². The maximum Gasteiger partial charge on any atom is 0.0209 e. The predicted molar refractivity (Wildman–Crippen MR) is 80.5 cm³/mol. The van der Waals surface area contributed by atoms with E-state index in [1.807, 2.05) is 0 Å². The van der Waals surface area contributed by atoms with E-state index in [0.29, 0.717) is 0 Å². The van der Waals surface area contributed by atoms with Gasteiger partial charge in [-0.3, -0.25) is 0 Å². The second-order valence-electron chi connectivity index (χ2n) is 6.37. The van der Waals surface area contributed by atoms with Gasteiger partial charge >= 0.3 is 0 Å². The zero-order chi connectivity index (χ0) is 13.1. The minimum Gasteiger partial charge on any atom is -0.310 e. The maximum absolute atomic E-state index is 3.88. The number of benzene rings is 1. The molecule has 0 radical (unpaired) electrons. The highest BCUT2D eigenvalue weighted by molar-refractivity contribution is 5.20. The molecule has 19 heavy (non-hydrogen) atoms. The molecule has 2 aliphatic rings. The van der Waals surface area contributed by atoms with Crippen LogP contribution in [0.15, 0.2) is 30.3 Å². The molecule has 0 amide bonds. The Morgan fingerprint density at radius 1 is 0.947 bits per heavy atom. The van der Waals surface area contributed by atoms with E-state index in [-0.39, 0.29) is 0 Å². The average Bonchev–Trinajstić information content (AvgIpc) is 2.86. The molecule has 3 rings (SSSR count). The van der Waals surface area contributed by atoms with Crippen molar-refractivity contribution >= 4 is 0 Å². The highest BCUT2D eigenvalue weighted by Crippen LogP contribution is 2.33. The normalized spacial score (nSPS) is 32.6. The number of hydrogen-bond donors (Lipinski definition) is 1. The molecule has 1 aliphatic heterocycles. The van der Waals surface area contributed by atoms with Crippen molar-refractivity contribution in [2.75, 3.05) is 20.1 Å². The summed E-state index contributed by atoms with van der Waals surface area (Å²) in [6, 6.07) is 12.6. The van der Waals surface area contributed by atoms with Crippen LogP contribution in [-0.4, -0.2) is 37.1 Å². The Hall–Kier alpha value is -0.860. The smallest absolute Gasteiger partial charge is 0.0209 e. The van der Waals surface area contributed by atoms with Crippen LogP contribution in [0.25, 0.3) is 0 Å². The summed E-state index contributed by atoms with van der Waals surface area (Å²) in [7, 11) is 2.23. The van der Waals surface area contributed by atoms with Crippen molar-refractivity contribution in [3.8, 4) is 0 Å². The molecule has 0 spiro atoms. The number of likely N-dealkylation sites (N-methyl/N-ethyl adjacent to an activating group) is 1. The second-order valence-corrected chi connectivity index (χ2v) is 6.37. The summed E-state index contributed by atoms with van der Waals surface area (Å²) in [6.45, 7) is 2.50. The molecule has 1 aromatic rings. The lowest BCUT2D eigenvalue weighted by Crippen LogP contribution is -2.41. The Balaban J connectivity index is 1.47. The first kappa shape index (κ1) is 13.1. The number of rotatable bonds is 3. The third-order valence-electron chi connectivity index (χ3n) is 4.86. The molecule has 1 heterocycles. The summed E-state index contributed by atoms with van der Waals surface area (Å²) < 4.78 is 0. The van der Waals surface area contributed by atoms with Crippen molar-refractivity contribution in [1.29, 1.82) is 0 Å². The van der Waals surface area contributed by atoms with Gasteiger partial charge in [-0.15, -0.1) is 0 Å². The van der Waals surface area contributed by atoms with Gasteiger partial charge in [-0.1, -0.05) is 30.3 Å². The zero-order valence-corrected chi connectivity index (χ0v) is 12.0. The molecule has 1 atom stereocenters. The second kappa shape index (κ2) is 6.06. The molecule has 0 bridgehead atoms. The van der Waals surface area contributed by atoms with E-state index in [0.717, 1.165) is 18.0 Å². The summed E-state index contributed by atoms with van der Waals surface area (Å²) in [5, 5.41) is 3.88. The van der Waals surface area contributed by atoms with E-state index in [1.165, 1.54) is 45.2 Å². The van der Waals surface area contributed by atoms with Gasteiger partial charge in [-0.25, -0.2) is 0 Å². The summed E-state index contributed by atoms with van der Waals surface area (Å²) >= 11 is 0. The topological polar surface area (TPSA) is 15.3 Å². The van der Waals surface area contributed by atoms with Crippen LogP contribution in [-0.2, 0) is 0 Å². The first-order valence-corrected chi connectivity index (χ1v) is 7.81. The van der Waals surface area contributed by atoms with Crippen LogP contribution >= 0.6 is 0 Å². The molecule has 2 fully saturated rings. The number of nitrogens with zero attached hydrogens (tertiary/aromatic N) is 1. The van der Waals surface area contributed by atoms with E-state index in [4.69, 9.17) is 0 Å². The molecule has 1 saturated carbocycles. The van der Waals surface area contributed by atoms with Crippen LogP contribution in [0.3, 0.4) is 0 Å². The Labute approximate surface area is 117 Å². The summed E-state index contributed by atoms with van der Waals surface area (Å²) in [4.78, 5) is 2.44. The fourth-order valence-electron chi connectivity index (χ4n) is 3.72. The molecular formula is C17H26N2. The number of likely N-dealkylation sites (tertiary alicyclic amines) is 1. The van der Waals surface area contributed by atoms with E-state index in [9.17, 15) is 0 Å². The van der Waals surface area contributed by atoms with Crippen LogP contribution in [0.4, 0.5) is 0 Å². The highest BCUT2D eigenvalue weighted by atomic mass is 15.2. The molecule has 1 aliphatic carbocycles. The molecule has 1 aromatic carbocycles. The van der Waals surface area contributed by atoms with Gasteiger partial charge in [0, 0.05) is 18.6 Å². The van der Waals surface area contributed by atoms with Gasteiger partial charge in [0.05, 0.1) is 0 Å². The first-order chi connectivity index (χ1) is 9.31. The van der Waals surface area contributed by atoms with Gasteiger partial charge in [0.15, 0.2) is 0 Å². The van der Waals surface area contributed by atoms with E-state index in [1.54, 1.807) is 5.56 Å². The monoisotopic (exact) mass is 258 g/mol. The van der Waals surface area contributed by atoms with Crippen molar-refractivity contribution in [2.45, 2.75) is 50.1 Å². The molecule has 104 valence electrons. The third kappa shape index (κ3) is 3.37. The van der Waals surface area contributed by atoms with E-state index in [2.05, 4.69) is 47.6 Å². The van der Waals surface area contributed by atoms with Gasteiger partial charge < -0.3 is 10.2 Å². The molecule has 0 aromatic heterocycles. The zero-order valence-electron chi connectivity index (χ0n) is 12.0. The summed E-state index contributed by atoms with van der Waals surface area (Å²) in [5.74, 6) is 0.797. The van der Waals surface area contributed by atoms with Crippen LogP contribution < -0.4 is 5.32 Å². The standard InChI is InChI=1S/C17H26N2/c1-19-12-11-17(13-19)18-16-9-7-15(8-10-16)14-5-3-2-4-6-14/h2-6,15-18H,7-13H2,1H3. The lowest BCUT2D eigenvalue weighted by Gasteiger charge is -2.31. The lowest BCUT2D eigenvalue weighted by molar-refractivity contribution is 0.309. The van der Waals surface area contributed by atoms with Gasteiger partial charge in [0.25, 0.3) is 0 Å². The number of hydrogen-bond acceptors (Lipinski definition) is 2. The quantitative estimate of drug-likeness (QED) is 0.896. The summed E-state index contributed by atoms with van der Waals surface area (Å²) in [5.41, 5.74) is 1.54. The Bertz CT molecular complexity index is 382. The molecule has 2 heteroatoms. The molecule has 1 unspecified atom stereocenters. The van der Waals surface area contributed by atoms with E-state index < -0.39 is 0 Å². The SMILES string of the molecule is CN1CCC(NC2CCC(c3ccccc3)CC2)C1. The van der Waals surface area contributed by atoms with Crippen LogP contribution in [0.2, 0.25) is 0 Å².